The molecule has 1 fully saturated rings. The van der Waals surface area contributed by atoms with Gasteiger partial charge in [-0.25, -0.2) is 14.1 Å². The molecular formula is C13H11F4N5O2. The molecule has 0 unspecified atom stereocenters. The van der Waals surface area contributed by atoms with Gasteiger partial charge in [0, 0.05) is 13.1 Å². The smallest absolute Gasteiger partial charge is 0.389 e. The lowest BCUT2D eigenvalue weighted by Gasteiger charge is -2.37. The molecule has 7 nitrogen and oxygen atoms in total. The van der Waals surface area contributed by atoms with Crippen LogP contribution >= 0.6 is 0 Å². The molecule has 0 saturated carbocycles. The number of nitrogens with zero attached hydrogens (tertiary/aromatic N) is 4. The second kappa shape index (κ2) is 5.44. The summed E-state index contributed by atoms with van der Waals surface area (Å²) in [5.41, 5.74) is 2.75. The number of aliphatic hydroxyl groups excluding tert-OH is 1. The van der Waals surface area contributed by atoms with Crippen molar-refractivity contribution in [1.82, 2.24) is 14.8 Å². The Morgan fingerprint density at radius 3 is 2.54 bits per heavy atom. The van der Waals surface area contributed by atoms with E-state index in [1.165, 1.54) is 4.90 Å². The summed E-state index contributed by atoms with van der Waals surface area (Å²) in [6.07, 6.45) is -4.88. The van der Waals surface area contributed by atoms with Crippen LogP contribution in [0.2, 0.25) is 0 Å². The predicted molar refractivity (Wildman–Crippen MR) is 73.1 cm³/mol. The predicted octanol–water partition coefficient (Wildman–Crippen LogP) is 0.705. The van der Waals surface area contributed by atoms with Crippen molar-refractivity contribution < 1.29 is 27.5 Å². The highest BCUT2D eigenvalue weighted by Crippen LogP contribution is 2.34. The molecular weight excluding hydrogens is 334 g/mol. The molecule has 11 heteroatoms. The third-order valence-electron chi connectivity index (χ3n) is 3.49. The summed E-state index contributed by atoms with van der Waals surface area (Å²) in [5.74, 6) is -2.57. The van der Waals surface area contributed by atoms with Crippen molar-refractivity contribution in [3.05, 3.63) is 35.4 Å². The van der Waals surface area contributed by atoms with Gasteiger partial charge in [-0.1, -0.05) is 0 Å². The first-order valence-corrected chi connectivity index (χ1v) is 6.73. The number of nitrogens with two attached hydrogens (primary N) is 1. The van der Waals surface area contributed by atoms with Crippen LogP contribution in [0.25, 0.3) is 5.82 Å². The van der Waals surface area contributed by atoms with Gasteiger partial charge in [-0.2, -0.15) is 18.3 Å². The van der Waals surface area contributed by atoms with Crippen molar-refractivity contribution in [1.29, 1.82) is 0 Å². The van der Waals surface area contributed by atoms with E-state index in [0.717, 1.165) is 12.1 Å². The Hall–Kier alpha value is -2.69. The number of alkyl halides is 3. The van der Waals surface area contributed by atoms with Gasteiger partial charge in [0.15, 0.2) is 23.1 Å². The first kappa shape index (κ1) is 16.2. The maximum atomic E-state index is 13.8. The molecule has 0 atom stereocenters. The summed E-state index contributed by atoms with van der Waals surface area (Å²) < 4.78 is 54.0. The molecule has 0 radical (unpaired) electrons. The fourth-order valence-corrected chi connectivity index (χ4v) is 2.36. The highest BCUT2D eigenvalue weighted by Gasteiger charge is 2.40. The van der Waals surface area contributed by atoms with Gasteiger partial charge in [0.05, 0.1) is 17.9 Å². The van der Waals surface area contributed by atoms with Crippen molar-refractivity contribution in [3.63, 3.8) is 0 Å². The molecule has 3 rings (SSSR count). The van der Waals surface area contributed by atoms with Crippen molar-refractivity contribution in [2.24, 2.45) is 5.73 Å². The summed E-state index contributed by atoms with van der Waals surface area (Å²) in [7, 11) is 0. The molecule has 24 heavy (non-hydrogen) atoms. The van der Waals surface area contributed by atoms with Crippen molar-refractivity contribution in [3.8, 4) is 5.82 Å². The Labute approximate surface area is 132 Å². The van der Waals surface area contributed by atoms with Crippen LogP contribution in [0.4, 0.5) is 23.4 Å². The SMILES string of the molecule is NC(=O)c1cnn(-c2ccc(F)c(N3CC(O)C3)n2)c1C(F)(F)F. The first-order valence-electron chi connectivity index (χ1n) is 6.73. The van der Waals surface area contributed by atoms with E-state index in [0.29, 0.717) is 10.9 Å². The molecule has 0 aromatic carbocycles. The van der Waals surface area contributed by atoms with Crippen molar-refractivity contribution >= 4 is 11.7 Å². The largest absolute Gasteiger partial charge is 0.434 e. The minimum Gasteiger partial charge on any atom is -0.389 e. The molecule has 0 bridgehead atoms. The van der Waals surface area contributed by atoms with E-state index in [-0.39, 0.29) is 24.7 Å². The Bertz CT molecular complexity index is 798. The van der Waals surface area contributed by atoms with Crippen LogP contribution in [0.15, 0.2) is 18.3 Å². The van der Waals surface area contributed by atoms with Gasteiger partial charge in [-0.15, -0.1) is 0 Å². The second-order valence-electron chi connectivity index (χ2n) is 5.21. The molecule has 0 aliphatic carbocycles. The maximum Gasteiger partial charge on any atom is 0.434 e. The van der Waals surface area contributed by atoms with Crippen LogP contribution in [-0.4, -0.2) is 45.0 Å². The summed E-state index contributed by atoms with van der Waals surface area (Å²) in [5, 5.41) is 12.8. The maximum absolute atomic E-state index is 13.8. The molecule has 1 amide bonds. The highest BCUT2D eigenvalue weighted by molar-refractivity contribution is 5.94. The molecule has 1 saturated heterocycles. The number of rotatable bonds is 3. The first-order chi connectivity index (χ1) is 11.2. The van der Waals surface area contributed by atoms with Crippen molar-refractivity contribution in [2.75, 3.05) is 18.0 Å². The van der Waals surface area contributed by atoms with E-state index >= 15 is 0 Å². The number of β-amino-alcohol motifs (C(OH)–C–C–N with tert-alkyl or cyclic N) is 1. The minimum absolute atomic E-state index is 0.116. The summed E-state index contributed by atoms with van der Waals surface area (Å²) in [4.78, 5) is 16.4. The Morgan fingerprint density at radius 1 is 1.33 bits per heavy atom. The monoisotopic (exact) mass is 345 g/mol. The van der Waals surface area contributed by atoms with E-state index in [2.05, 4.69) is 10.1 Å². The number of halogens is 4. The summed E-state index contributed by atoms with van der Waals surface area (Å²) >= 11 is 0. The van der Waals surface area contributed by atoms with E-state index in [1.807, 2.05) is 0 Å². The average molecular weight is 345 g/mol. The average Bonchev–Trinajstić information content (AvgIpc) is 2.90. The molecule has 0 spiro atoms. The lowest BCUT2D eigenvalue weighted by Crippen LogP contribution is -2.51. The van der Waals surface area contributed by atoms with Gasteiger partial charge in [0.1, 0.15) is 0 Å². The van der Waals surface area contributed by atoms with Crippen LogP contribution in [0.1, 0.15) is 16.1 Å². The second-order valence-corrected chi connectivity index (χ2v) is 5.21. The topological polar surface area (TPSA) is 97.3 Å². The van der Waals surface area contributed by atoms with Crippen LogP contribution in [0, 0.1) is 5.82 Å². The Balaban J connectivity index is 2.10. The Kier molecular flexibility index (Phi) is 3.67. The van der Waals surface area contributed by atoms with Crippen molar-refractivity contribution in [2.45, 2.75) is 12.3 Å². The number of pyridine rings is 1. The van der Waals surface area contributed by atoms with Gasteiger partial charge in [0.25, 0.3) is 5.91 Å². The van der Waals surface area contributed by atoms with E-state index in [4.69, 9.17) is 5.73 Å². The van der Waals surface area contributed by atoms with Gasteiger partial charge in [-0.3, -0.25) is 4.79 Å². The van der Waals surface area contributed by atoms with E-state index < -0.39 is 35.3 Å². The normalized spacial score (nSPS) is 15.5. The van der Waals surface area contributed by atoms with Gasteiger partial charge >= 0.3 is 6.18 Å². The molecule has 2 aromatic heterocycles. The number of carbonyl (C=O) groups excluding carboxylic acids is 1. The zero-order chi connectivity index (χ0) is 17.6. The van der Waals surface area contributed by atoms with Gasteiger partial charge < -0.3 is 15.7 Å². The van der Waals surface area contributed by atoms with Crippen LogP contribution in [0.5, 0.6) is 0 Å². The number of aromatic nitrogens is 3. The number of hydrogen-bond donors (Lipinski definition) is 2. The zero-order valence-electron chi connectivity index (χ0n) is 12.0. The fraction of sp³-hybridized carbons (Fsp3) is 0.308. The third kappa shape index (κ3) is 2.66. The quantitative estimate of drug-likeness (QED) is 0.799. The molecule has 128 valence electrons. The lowest BCUT2D eigenvalue weighted by atomic mass is 10.1. The number of primary amides is 1. The highest BCUT2D eigenvalue weighted by atomic mass is 19.4. The number of amides is 1. The summed E-state index contributed by atoms with van der Waals surface area (Å²) in [6.45, 7) is 0.232. The molecule has 3 N–H and O–H groups in total. The molecule has 3 heterocycles. The van der Waals surface area contributed by atoms with Crippen LogP contribution < -0.4 is 10.6 Å². The number of carbonyl (C=O) groups is 1. The van der Waals surface area contributed by atoms with E-state index in [1.54, 1.807) is 0 Å². The fourth-order valence-electron chi connectivity index (χ4n) is 2.36. The van der Waals surface area contributed by atoms with Gasteiger partial charge in [0.2, 0.25) is 0 Å². The number of hydrogen-bond acceptors (Lipinski definition) is 5. The lowest BCUT2D eigenvalue weighted by molar-refractivity contribution is -0.143. The standard InChI is InChI=1S/C13H11F4N5O2/c14-8-1-2-9(20-12(8)21-4-6(23)5-21)22-10(13(15,16)17)7(3-19-22)11(18)24/h1-3,6,23H,4-5H2,(H2,18,24). The van der Waals surface area contributed by atoms with Gasteiger partial charge in [-0.05, 0) is 12.1 Å². The molecule has 1 aliphatic heterocycles. The third-order valence-corrected chi connectivity index (χ3v) is 3.49. The minimum atomic E-state index is -4.91. The molecule has 1 aliphatic rings. The number of anilines is 1. The zero-order valence-corrected chi connectivity index (χ0v) is 12.0. The molecule has 2 aromatic rings. The van der Waals surface area contributed by atoms with E-state index in [9.17, 15) is 27.5 Å². The van der Waals surface area contributed by atoms with Crippen LogP contribution in [0.3, 0.4) is 0 Å². The Morgan fingerprint density at radius 2 is 2.00 bits per heavy atom. The summed E-state index contributed by atoms with van der Waals surface area (Å²) in [6, 6.07) is 1.94. The number of aliphatic hydroxyl groups is 1. The van der Waals surface area contributed by atoms with Crippen LogP contribution in [-0.2, 0) is 6.18 Å².